The Hall–Kier alpha value is -1.65. The van der Waals surface area contributed by atoms with Crippen LogP contribution in [-0.4, -0.2) is 19.9 Å². The number of hydrogen-bond donors (Lipinski definition) is 0. The van der Waals surface area contributed by atoms with Gasteiger partial charge in [-0.15, -0.1) is 0 Å². The first-order chi connectivity index (χ1) is 15.8. The number of rotatable bonds is 4. The summed E-state index contributed by atoms with van der Waals surface area (Å²) in [4.78, 5) is 4.77. The van der Waals surface area contributed by atoms with Crippen molar-refractivity contribution in [2.45, 2.75) is 135 Å². The van der Waals surface area contributed by atoms with Crippen molar-refractivity contribution in [2.24, 2.45) is 5.92 Å². The minimum atomic E-state index is 0.501. The van der Waals surface area contributed by atoms with Gasteiger partial charge in [0.1, 0.15) is 11.6 Å². The van der Waals surface area contributed by atoms with Crippen molar-refractivity contribution >= 4 is 0 Å². The average Bonchev–Trinajstić information content (AvgIpc) is 3.41. The first kappa shape index (κ1) is 23.5. The van der Waals surface area contributed by atoms with Gasteiger partial charge >= 0.3 is 0 Å². The lowest BCUT2D eigenvalue weighted by Gasteiger charge is -2.16. The molecule has 0 spiro atoms. The zero-order valence-electron chi connectivity index (χ0n) is 20.4. The molecule has 4 rings (SSSR count). The van der Waals surface area contributed by atoms with Crippen LogP contribution in [0.1, 0.15) is 133 Å². The van der Waals surface area contributed by atoms with Gasteiger partial charge in [-0.2, -0.15) is 5.10 Å². The summed E-state index contributed by atoms with van der Waals surface area (Å²) in [6.07, 6.45) is 24.3. The highest BCUT2D eigenvalue weighted by atomic mass is 16.5. The maximum absolute atomic E-state index is 5.93. The fraction of sp³-hybridized carbons (Fsp3) is 0.815. The average molecular weight is 441 g/mol. The van der Waals surface area contributed by atoms with E-state index in [-0.39, 0.29) is 0 Å². The van der Waals surface area contributed by atoms with Crippen LogP contribution >= 0.6 is 0 Å². The summed E-state index contributed by atoms with van der Waals surface area (Å²) in [7, 11) is 0. The smallest absolute Gasteiger partial charge is 0.180 e. The van der Waals surface area contributed by atoms with E-state index in [1.807, 2.05) is 6.92 Å². The van der Waals surface area contributed by atoms with Crippen molar-refractivity contribution in [3.63, 3.8) is 0 Å². The minimum absolute atomic E-state index is 0.501. The van der Waals surface area contributed by atoms with Crippen molar-refractivity contribution in [3.05, 3.63) is 17.7 Å². The molecule has 0 unspecified atom stereocenters. The van der Waals surface area contributed by atoms with E-state index in [1.165, 1.54) is 116 Å². The molecule has 2 aliphatic rings. The van der Waals surface area contributed by atoms with Crippen LogP contribution in [0.15, 0.2) is 10.6 Å². The lowest BCUT2D eigenvalue weighted by molar-refractivity contribution is 0.338. The summed E-state index contributed by atoms with van der Waals surface area (Å²) in [5.74, 6) is 3.99. The van der Waals surface area contributed by atoms with E-state index in [0.717, 1.165) is 29.6 Å². The SMILES string of the molecule is Cc1nc(-c2cc(C3CCCCCCCCCC3)on2)n(CC2CCCCCCCC2)n1. The van der Waals surface area contributed by atoms with Crippen molar-refractivity contribution in [3.8, 4) is 11.5 Å². The normalized spacial score (nSPS) is 21.4. The molecule has 2 saturated carbocycles. The third-order valence-electron chi connectivity index (χ3n) is 7.70. The summed E-state index contributed by atoms with van der Waals surface area (Å²) in [5, 5.41) is 9.26. The van der Waals surface area contributed by atoms with Gasteiger partial charge in [0.2, 0.25) is 0 Å². The topological polar surface area (TPSA) is 56.7 Å². The third-order valence-corrected chi connectivity index (χ3v) is 7.70. The molecular formula is C27H44N4O. The van der Waals surface area contributed by atoms with Crippen LogP contribution in [0.3, 0.4) is 0 Å². The van der Waals surface area contributed by atoms with Crippen molar-refractivity contribution in [1.29, 1.82) is 0 Å². The van der Waals surface area contributed by atoms with Gasteiger partial charge in [-0.25, -0.2) is 9.67 Å². The predicted octanol–water partition coefficient (Wildman–Crippen LogP) is 7.99. The molecule has 0 N–H and O–H groups in total. The van der Waals surface area contributed by atoms with Gasteiger partial charge in [0.15, 0.2) is 11.5 Å². The van der Waals surface area contributed by atoms with Crippen LogP contribution in [0.2, 0.25) is 0 Å². The molecule has 2 aromatic heterocycles. The molecule has 0 aliphatic heterocycles. The summed E-state index contributed by atoms with van der Waals surface area (Å²) in [6, 6.07) is 2.17. The highest BCUT2D eigenvalue weighted by Crippen LogP contribution is 2.32. The summed E-state index contributed by atoms with van der Waals surface area (Å²) >= 11 is 0. The Labute approximate surface area is 194 Å². The molecule has 0 saturated heterocycles. The van der Waals surface area contributed by atoms with Gasteiger partial charge < -0.3 is 4.52 Å². The van der Waals surface area contributed by atoms with Crippen LogP contribution in [0.25, 0.3) is 11.5 Å². The fourth-order valence-electron chi connectivity index (χ4n) is 5.77. The summed E-state index contributed by atoms with van der Waals surface area (Å²) in [6.45, 7) is 2.95. The highest BCUT2D eigenvalue weighted by Gasteiger charge is 2.22. The van der Waals surface area contributed by atoms with E-state index in [0.29, 0.717) is 11.8 Å². The molecule has 0 amide bonds. The Morgan fingerprint density at radius 2 is 1.31 bits per heavy atom. The van der Waals surface area contributed by atoms with Gasteiger partial charge in [0.25, 0.3) is 0 Å². The standard InChI is InChI=1S/C27H44N4O/c1-22-28-27(31(29-22)21-23-16-12-8-6-7-9-13-17-23)25-20-26(32-30-25)24-18-14-10-4-2-3-5-11-15-19-24/h20,23-24H,2-19,21H2,1H3. The van der Waals surface area contributed by atoms with Crippen LogP contribution < -0.4 is 0 Å². The molecule has 5 heteroatoms. The van der Waals surface area contributed by atoms with E-state index >= 15 is 0 Å². The molecule has 0 aromatic carbocycles. The van der Waals surface area contributed by atoms with Gasteiger partial charge in [-0.3, -0.25) is 0 Å². The maximum atomic E-state index is 5.93. The highest BCUT2D eigenvalue weighted by molar-refractivity contribution is 5.49. The predicted molar refractivity (Wildman–Crippen MR) is 130 cm³/mol. The zero-order valence-corrected chi connectivity index (χ0v) is 20.4. The molecule has 0 radical (unpaired) electrons. The molecule has 5 nitrogen and oxygen atoms in total. The minimum Gasteiger partial charge on any atom is -0.360 e. The molecule has 178 valence electrons. The first-order valence-corrected chi connectivity index (χ1v) is 13.7. The second-order valence-electron chi connectivity index (χ2n) is 10.4. The van der Waals surface area contributed by atoms with Crippen molar-refractivity contribution in [2.75, 3.05) is 0 Å². The molecule has 2 fully saturated rings. The molecule has 0 bridgehead atoms. The van der Waals surface area contributed by atoms with Gasteiger partial charge in [-0.05, 0) is 38.5 Å². The van der Waals surface area contributed by atoms with Gasteiger partial charge in [0.05, 0.1) is 0 Å². The van der Waals surface area contributed by atoms with Gasteiger partial charge in [-0.1, -0.05) is 95.0 Å². The van der Waals surface area contributed by atoms with Crippen LogP contribution in [-0.2, 0) is 6.54 Å². The first-order valence-electron chi connectivity index (χ1n) is 13.7. The molecule has 0 atom stereocenters. The van der Waals surface area contributed by atoms with Crippen LogP contribution in [0.4, 0.5) is 0 Å². The second-order valence-corrected chi connectivity index (χ2v) is 10.4. The van der Waals surface area contributed by atoms with Gasteiger partial charge in [0, 0.05) is 18.5 Å². The zero-order chi connectivity index (χ0) is 22.0. The largest absolute Gasteiger partial charge is 0.360 e. The summed E-state index contributed by atoms with van der Waals surface area (Å²) in [5.41, 5.74) is 0.873. The Kier molecular flexibility index (Phi) is 9.22. The van der Waals surface area contributed by atoms with Crippen molar-refractivity contribution in [1.82, 2.24) is 19.9 Å². The summed E-state index contributed by atoms with van der Waals surface area (Å²) < 4.78 is 8.06. The van der Waals surface area contributed by atoms with Crippen molar-refractivity contribution < 1.29 is 4.52 Å². The second kappa shape index (κ2) is 12.6. The fourth-order valence-corrected chi connectivity index (χ4v) is 5.77. The Balaban J connectivity index is 1.45. The molecule has 2 aromatic rings. The number of aromatic nitrogens is 4. The van der Waals surface area contributed by atoms with Crippen LogP contribution in [0.5, 0.6) is 0 Å². The Bertz CT molecular complexity index is 773. The van der Waals surface area contributed by atoms with E-state index in [2.05, 4.69) is 15.9 Å². The Morgan fingerprint density at radius 3 is 1.91 bits per heavy atom. The number of nitrogens with zero attached hydrogens (tertiary/aromatic N) is 4. The third kappa shape index (κ3) is 6.92. The van der Waals surface area contributed by atoms with E-state index in [9.17, 15) is 0 Å². The Morgan fingerprint density at radius 1 is 0.781 bits per heavy atom. The number of hydrogen-bond acceptors (Lipinski definition) is 4. The lowest BCUT2D eigenvalue weighted by Crippen LogP contribution is -2.13. The monoisotopic (exact) mass is 440 g/mol. The molecular weight excluding hydrogens is 396 g/mol. The molecule has 32 heavy (non-hydrogen) atoms. The number of aryl methyl sites for hydroxylation is 1. The maximum Gasteiger partial charge on any atom is 0.180 e. The molecule has 2 aliphatic carbocycles. The quantitative estimate of drug-likeness (QED) is 0.483. The lowest BCUT2D eigenvalue weighted by atomic mass is 9.93. The molecule has 2 heterocycles. The van der Waals surface area contributed by atoms with E-state index in [4.69, 9.17) is 14.6 Å². The van der Waals surface area contributed by atoms with Crippen LogP contribution in [0, 0.1) is 12.8 Å². The van der Waals surface area contributed by atoms with E-state index in [1.54, 1.807) is 0 Å². The van der Waals surface area contributed by atoms with E-state index < -0.39 is 0 Å².